The van der Waals surface area contributed by atoms with Crippen LogP contribution in [0.2, 0.25) is 0 Å². The number of amides is 1. The van der Waals surface area contributed by atoms with Crippen molar-refractivity contribution >= 4 is 17.3 Å². The van der Waals surface area contributed by atoms with Gasteiger partial charge in [0.15, 0.2) is 5.82 Å². The molecular weight excluding hydrogens is 234 g/mol. The number of nitrogens with one attached hydrogen (secondary N) is 1. The maximum Gasteiger partial charge on any atom is 0.248 e. The van der Waals surface area contributed by atoms with E-state index in [0.29, 0.717) is 35.2 Å². The smallest absolute Gasteiger partial charge is 0.248 e. The van der Waals surface area contributed by atoms with Gasteiger partial charge in [0, 0.05) is 5.56 Å². The molecule has 7 heteroatoms. The minimum Gasteiger partial charge on any atom is -0.397 e. The van der Waals surface area contributed by atoms with E-state index >= 15 is 0 Å². The number of aryl methyl sites for hydroxylation is 1. The molecule has 1 amide bonds. The Labute approximate surface area is 103 Å². The van der Waals surface area contributed by atoms with Crippen molar-refractivity contribution in [1.82, 2.24) is 10.1 Å². The number of rotatable bonds is 4. The first-order chi connectivity index (χ1) is 8.56. The average Bonchev–Trinajstić information content (AvgIpc) is 2.74. The number of carbonyl (C=O) groups is 1. The number of carbonyl (C=O) groups excluding carboxylic acids is 1. The summed E-state index contributed by atoms with van der Waals surface area (Å²) < 4.78 is 4.95. The van der Waals surface area contributed by atoms with Gasteiger partial charge in [-0.05, 0) is 25.1 Å². The van der Waals surface area contributed by atoms with Crippen LogP contribution < -0.4 is 16.8 Å². The Hall–Kier alpha value is -2.57. The van der Waals surface area contributed by atoms with Crippen LogP contribution in [0.5, 0.6) is 0 Å². The highest BCUT2D eigenvalue weighted by Gasteiger charge is 2.07. The molecule has 2 aromatic rings. The molecule has 5 N–H and O–H groups in total. The van der Waals surface area contributed by atoms with Crippen LogP contribution in [0.1, 0.15) is 22.1 Å². The summed E-state index contributed by atoms with van der Waals surface area (Å²) in [6.45, 7) is 2.06. The molecule has 0 bridgehead atoms. The van der Waals surface area contributed by atoms with Gasteiger partial charge < -0.3 is 21.3 Å². The molecule has 0 aliphatic rings. The maximum absolute atomic E-state index is 11.1. The quantitative estimate of drug-likeness (QED) is 0.683. The number of aromatic nitrogens is 2. The van der Waals surface area contributed by atoms with Gasteiger partial charge >= 0.3 is 0 Å². The van der Waals surface area contributed by atoms with E-state index in [-0.39, 0.29) is 0 Å². The average molecular weight is 247 g/mol. The highest BCUT2D eigenvalue weighted by atomic mass is 16.5. The maximum atomic E-state index is 11.1. The van der Waals surface area contributed by atoms with Crippen molar-refractivity contribution in [3.8, 4) is 0 Å². The van der Waals surface area contributed by atoms with Crippen LogP contribution >= 0.6 is 0 Å². The van der Waals surface area contributed by atoms with E-state index < -0.39 is 5.91 Å². The highest BCUT2D eigenvalue weighted by molar-refractivity contribution is 5.94. The summed E-state index contributed by atoms with van der Waals surface area (Å²) in [5.74, 6) is 0.494. The molecule has 0 saturated heterocycles. The summed E-state index contributed by atoms with van der Waals surface area (Å²) in [5, 5.41) is 6.67. The molecule has 1 heterocycles. The summed E-state index contributed by atoms with van der Waals surface area (Å²) in [4.78, 5) is 15.1. The second-order valence-corrected chi connectivity index (χ2v) is 3.76. The molecule has 2 rings (SSSR count). The minimum atomic E-state index is -0.508. The molecule has 0 saturated carbocycles. The summed E-state index contributed by atoms with van der Waals surface area (Å²) in [6, 6.07) is 4.77. The second kappa shape index (κ2) is 4.74. The molecule has 0 aliphatic heterocycles. The van der Waals surface area contributed by atoms with Crippen LogP contribution in [0.15, 0.2) is 22.7 Å². The topological polar surface area (TPSA) is 120 Å². The molecule has 0 unspecified atom stereocenters. The van der Waals surface area contributed by atoms with Crippen molar-refractivity contribution in [1.29, 1.82) is 0 Å². The van der Waals surface area contributed by atoms with Gasteiger partial charge in [-0.1, -0.05) is 5.16 Å². The van der Waals surface area contributed by atoms with Crippen molar-refractivity contribution < 1.29 is 9.32 Å². The molecule has 0 spiro atoms. The van der Waals surface area contributed by atoms with Crippen LogP contribution in [0.3, 0.4) is 0 Å². The third-order valence-corrected chi connectivity index (χ3v) is 2.34. The third-order valence-electron chi connectivity index (χ3n) is 2.34. The molecule has 0 atom stereocenters. The zero-order chi connectivity index (χ0) is 13.1. The third kappa shape index (κ3) is 2.57. The van der Waals surface area contributed by atoms with Gasteiger partial charge in [-0.15, -0.1) is 0 Å². The Morgan fingerprint density at radius 3 is 2.89 bits per heavy atom. The summed E-state index contributed by atoms with van der Waals surface area (Å²) in [6.07, 6.45) is 0. The van der Waals surface area contributed by atoms with Crippen LogP contribution in [0, 0.1) is 6.92 Å². The zero-order valence-electron chi connectivity index (χ0n) is 9.80. The van der Waals surface area contributed by atoms with Gasteiger partial charge in [0.05, 0.1) is 17.9 Å². The highest BCUT2D eigenvalue weighted by Crippen LogP contribution is 2.20. The predicted molar refractivity (Wildman–Crippen MR) is 65.7 cm³/mol. The van der Waals surface area contributed by atoms with Gasteiger partial charge in [0.25, 0.3) is 0 Å². The van der Waals surface area contributed by atoms with E-state index in [0.717, 1.165) is 0 Å². The number of benzene rings is 1. The molecule has 94 valence electrons. The Bertz CT molecular complexity index is 579. The molecule has 0 radical (unpaired) electrons. The summed E-state index contributed by atoms with van der Waals surface area (Å²) in [7, 11) is 0. The molecular formula is C11H13N5O2. The Balaban J connectivity index is 2.13. The number of hydrogen-bond acceptors (Lipinski definition) is 6. The van der Waals surface area contributed by atoms with Crippen molar-refractivity contribution in [2.75, 3.05) is 11.1 Å². The molecule has 0 fully saturated rings. The Morgan fingerprint density at radius 1 is 1.50 bits per heavy atom. The fraction of sp³-hybridized carbons (Fsp3) is 0.182. The van der Waals surface area contributed by atoms with Crippen molar-refractivity contribution in [3.05, 3.63) is 35.5 Å². The monoisotopic (exact) mass is 247 g/mol. The number of primary amides is 1. The SMILES string of the molecule is Cc1noc(CNc2cc(C(N)=O)ccc2N)n1. The van der Waals surface area contributed by atoms with Gasteiger partial charge in [-0.3, -0.25) is 4.79 Å². The van der Waals surface area contributed by atoms with Crippen molar-refractivity contribution in [2.45, 2.75) is 13.5 Å². The van der Waals surface area contributed by atoms with Crippen LogP contribution in [-0.2, 0) is 6.54 Å². The van der Waals surface area contributed by atoms with E-state index in [1.807, 2.05) is 0 Å². The largest absolute Gasteiger partial charge is 0.397 e. The lowest BCUT2D eigenvalue weighted by molar-refractivity contribution is 0.100. The number of hydrogen-bond donors (Lipinski definition) is 3. The predicted octanol–water partition coefficient (Wildman–Crippen LogP) is 0.671. The first-order valence-electron chi connectivity index (χ1n) is 5.28. The molecule has 1 aromatic heterocycles. The Morgan fingerprint density at radius 2 is 2.28 bits per heavy atom. The summed E-state index contributed by atoms with van der Waals surface area (Å²) >= 11 is 0. The van der Waals surface area contributed by atoms with Gasteiger partial charge in [0.2, 0.25) is 11.8 Å². The number of nitrogens with two attached hydrogens (primary N) is 2. The summed E-state index contributed by atoms with van der Waals surface area (Å²) in [5.41, 5.74) is 12.5. The van der Waals surface area contributed by atoms with E-state index in [4.69, 9.17) is 16.0 Å². The van der Waals surface area contributed by atoms with Crippen LogP contribution in [-0.4, -0.2) is 16.0 Å². The molecule has 1 aromatic carbocycles. The lowest BCUT2D eigenvalue weighted by atomic mass is 10.1. The first-order valence-corrected chi connectivity index (χ1v) is 5.28. The normalized spacial score (nSPS) is 10.3. The standard InChI is InChI=1S/C11H13N5O2/c1-6-15-10(18-16-6)5-14-9-4-7(11(13)17)2-3-8(9)12/h2-4,14H,5,12H2,1H3,(H2,13,17). The van der Waals surface area contributed by atoms with E-state index in [1.165, 1.54) is 0 Å². The zero-order valence-corrected chi connectivity index (χ0v) is 9.80. The minimum absolute atomic E-state index is 0.327. The number of nitrogen functional groups attached to an aromatic ring is 1. The number of nitrogens with zero attached hydrogens (tertiary/aromatic N) is 2. The number of anilines is 2. The fourth-order valence-electron chi connectivity index (χ4n) is 1.45. The Kier molecular flexibility index (Phi) is 3.13. The van der Waals surface area contributed by atoms with Gasteiger partial charge in [-0.2, -0.15) is 4.98 Å². The lowest BCUT2D eigenvalue weighted by Crippen LogP contribution is -2.12. The second-order valence-electron chi connectivity index (χ2n) is 3.76. The van der Waals surface area contributed by atoms with Crippen LogP contribution in [0.25, 0.3) is 0 Å². The van der Waals surface area contributed by atoms with Gasteiger partial charge in [-0.25, -0.2) is 0 Å². The van der Waals surface area contributed by atoms with E-state index in [9.17, 15) is 4.79 Å². The molecule has 0 aliphatic carbocycles. The lowest BCUT2D eigenvalue weighted by Gasteiger charge is -2.08. The van der Waals surface area contributed by atoms with Gasteiger partial charge in [0.1, 0.15) is 0 Å². The first kappa shape index (κ1) is 11.9. The fourth-order valence-corrected chi connectivity index (χ4v) is 1.45. The molecule has 18 heavy (non-hydrogen) atoms. The van der Waals surface area contributed by atoms with Crippen molar-refractivity contribution in [3.63, 3.8) is 0 Å². The van der Waals surface area contributed by atoms with E-state index in [1.54, 1.807) is 25.1 Å². The van der Waals surface area contributed by atoms with E-state index in [2.05, 4.69) is 15.5 Å². The van der Waals surface area contributed by atoms with Crippen LogP contribution in [0.4, 0.5) is 11.4 Å². The van der Waals surface area contributed by atoms with Crippen molar-refractivity contribution in [2.24, 2.45) is 5.73 Å². The molecule has 7 nitrogen and oxygen atoms in total.